The van der Waals surface area contributed by atoms with E-state index in [4.69, 9.17) is 0 Å². The second-order valence-electron chi connectivity index (χ2n) is 6.97. The van der Waals surface area contributed by atoms with E-state index in [1.165, 1.54) is 21.9 Å². The Morgan fingerprint density at radius 1 is 0.962 bits per heavy atom. The van der Waals surface area contributed by atoms with Crippen molar-refractivity contribution in [2.75, 3.05) is 6.54 Å². The van der Waals surface area contributed by atoms with E-state index in [0.717, 1.165) is 25.9 Å². The van der Waals surface area contributed by atoms with Gasteiger partial charge in [-0.1, -0.05) is 72.8 Å². The van der Waals surface area contributed by atoms with E-state index in [9.17, 15) is 4.79 Å². The van der Waals surface area contributed by atoms with Crippen LogP contribution in [0, 0.1) is 0 Å². The van der Waals surface area contributed by atoms with Crippen molar-refractivity contribution in [3.63, 3.8) is 0 Å². The first-order valence-electron chi connectivity index (χ1n) is 9.33. The zero-order valence-electron chi connectivity index (χ0n) is 14.9. The van der Waals surface area contributed by atoms with Crippen molar-refractivity contribution in [3.05, 3.63) is 83.9 Å². The molecular weight excluding hydrogens is 320 g/mol. The van der Waals surface area contributed by atoms with Gasteiger partial charge in [-0.3, -0.25) is 9.69 Å². The van der Waals surface area contributed by atoms with E-state index >= 15 is 0 Å². The summed E-state index contributed by atoms with van der Waals surface area (Å²) < 4.78 is 0. The third kappa shape index (κ3) is 3.63. The summed E-state index contributed by atoms with van der Waals surface area (Å²) in [5.74, 6) is 0.145. The maximum absolute atomic E-state index is 12.8. The van der Waals surface area contributed by atoms with Crippen molar-refractivity contribution in [2.24, 2.45) is 0 Å². The summed E-state index contributed by atoms with van der Waals surface area (Å²) >= 11 is 0. The second-order valence-corrected chi connectivity index (χ2v) is 6.97. The van der Waals surface area contributed by atoms with Crippen LogP contribution in [0.3, 0.4) is 0 Å². The van der Waals surface area contributed by atoms with Crippen molar-refractivity contribution in [1.29, 1.82) is 0 Å². The van der Waals surface area contributed by atoms with E-state index < -0.39 is 0 Å². The van der Waals surface area contributed by atoms with Crippen molar-refractivity contribution >= 4 is 16.7 Å². The number of rotatable bonds is 5. The van der Waals surface area contributed by atoms with Gasteiger partial charge in [0.2, 0.25) is 5.91 Å². The fourth-order valence-electron chi connectivity index (χ4n) is 3.88. The van der Waals surface area contributed by atoms with E-state index in [2.05, 4.69) is 64.8 Å². The fraction of sp³-hybridized carbons (Fsp3) is 0.261. The van der Waals surface area contributed by atoms with E-state index in [-0.39, 0.29) is 11.9 Å². The van der Waals surface area contributed by atoms with Gasteiger partial charge in [0, 0.05) is 13.1 Å². The van der Waals surface area contributed by atoms with E-state index in [1.807, 2.05) is 18.2 Å². The van der Waals surface area contributed by atoms with Gasteiger partial charge in [-0.25, -0.2) is 0 Å². The van der Waals surface area contributed by atoms with Crippen LogP contribution >= 0.6 is 0 Å². The van der Waals surface area contributed by atoms with Crippen molar-refractivity contribution in [2.45, 2.75) is 32.0 Å². The molecule has 1 unspecified atom stereocenters. The van der Waals surface area contributed by atoms with Crippen molar-refractivity contribution < 1.29 is 4.79 Å². The van der Waals surface area contributed by atoms with Gasteiger partial charge >= 0.3 is 0 Å². The molecule has 26 heavy (non-hydrogen) atoms. The molecular formula is C23H24N2O. The molecule has 1 N–H and O–H groups in total. The molecule has 4 rings (SSSR count). The molecule has 0 spiro atoms. The van der Waals surface area contributed by atoms with Crippen LogP contribution < -0.4 is 5.32 Å². The molecule has 0 saturated carbocycles. The first-order chi connectivity index (χ1) is 12.8. The number of carbonyl (C=O) groups is 1. The fourth-order valence-corrected chi connectivity index (χ4v) is 3.88. The average molecular weight is 344 g/mol. The first-order valence-corrected chi connectivity index (χ1v) is 9.33. The Morgan fingerprint density at radius 3 is 2.62 bits per heavy atom. The van der Waals surface area contributed by atoms with Gasteiger partial charge in [-0.15, -0.1) is 0 Å². The SMILES string of the molecule is O=C(NCc1cccc2ccccc12)C1CCCN1Cc1ccccc1. The molecule has 1 heterocycles. The molecule has 3 heteroatoms. The Hall–Kier alpha value is -2.65. The molecule has 3 aromatic rings. The lowest BCUT2D eigenvalue weighted by Gasteiger charge is -2.24. The predicted octanol–water partition coefficient (Wildman–Crippen LogP) is 4.12. The van der Waals surface area contributed by atoms with Crippen molar-refractivity contribution in [3.8, 4) is 0 Å². The maximum Gasteiger partial charge on any atom is 0.237 e. The van der Waals surface area contributed by atoms with Crippen LogP contribution in [0.15, 0.2) is 72.8 Å². The molecule has 1 aliphatic rings. The lowest BCUT2D eigenvalue weighted by Crippen LogP contribution is -2.42. The largest absolute Gasteiger partial charge is 0.351 e. The third-order valence-corrected chi connectivity index (χ3v) is 5.23. The van der Waals surface area contributed by atoms with E-state index in [1.54, 1.807) is 0 Å². The van der Waals surface area contributed by atoms with Gasteiger partial charge in [-0.05, 0) is 41.3 Å². The number of hydrogen-bond acceptors (Lipinski definition) is 2. The normalized spacial score (nSPS) is 17.5. The Morgan fingerprint density at radius 2 is 1.73 bits per heavy atom. The summed E-state index contributed by atoms with van der Waals surface area (Å²) in [6.45, 7) is 2.41. The highest BCUT2D eigenvalue weighted by Crippen LogP contribution is 2.21. The number of likely N-dealkylation sites (tertiary alicyclic amines) is 1. The molecule has 1 fully saturated rings. The number of benzene rings is 3. The van der Waals surface area contributed by atoms with Crippen LogP contribution in [-0.4, -0.2) is 23.4 Å². The van der Waals surface area contributed by atoms with Crippen LogP contribution in [-0.2, 0) is 17.9 Å². The molecule has 0 bridgehead atoms. The number of hydrogen-bond donors (Lipinski definition) is 1. The highest BCUT2D eigenvalue weighted by Gasteiger charge is 2.30. The second kappa shape index (κ2) is 7.71. The van der Waals surface area contributed by atoms with Gasteiger partial charge in [0.05, 0.1) is 6.04 Å². The summed E-state index contributed by atoms with van der Waals surface area (Å²) in [4.78, 5) is 15.1. The number of fused-ring (bicyclic) bond motifs is 1. The minimum Gasteiger partial charge on any atom is -0.351 e. The Kier molecular flexibility index (Phi) is 4.98. The monoisotopic (exact) mass is 344 g/mol. The average Bonchev–Trinajstić information content (AvgIpc) is 3.15. The van der Waals surface area contributed by atoms with Gasteiger partial charge in [-0.2, -0.15) is 0 Å². The van der Waals surface area contributed by atoms with Gasteiger partial charge in [0.1, 0.15) is 0 Å². The third-order valence-electron chi connectivity index (χ3n) is 5.23. The van der Waals surface area contributed by atoms with Crippen LogP contribution in [0.2, 0.25) is 0 Å². The highest BCUT2D eigenvalue weighted by molar-refractivity contribution is 5.87. The number of nitrogens with zero attached hydrogens (tertiary/aromatic N) is 1. The maximum atomic E-state index is 12.8. The summed E-state index contributed by atoms with van der Waals surface area (Å²) in [5, 5.41) is 5.59. The van der Waals surface area contributed by atoms with E-state index in [0.29, 0.717) is 6.54 Å². The smallest absolute Gasteiger partial charge is 0.237 e. The molecule has 0 aromatic heterocycles. The molecule has 0 aliphatic carbocycles. The molecule has 3 aromatic carbocycles. The molecule has 1 saturated heterocycles. The molecule has 1 aliphatic heterocycles. The number of carbonyl (C=O) groups excluding carboxylic acids is 1. The highest BCUT2D eigenvalue weighted by atomic mass is 16.2. The lowest BCUT2D eigenvalue weighted by molar-refractivity contribution is -0.125. The molecule has 1 atom stereocenters. The number of amides is 1. The van der Waals surface area contributed by atoms with Gasteiger partial charge in [0.25, 0.3) is 0 Å². The summed E-state index contributed by atoms with van der Waals surface area (Å²) in [6, 6.07) is 25.0. The predicted molar refractivity (Wildman–Crippen MR) is 106 cm³/mol. The Bertz CT molecular complexity index is 886. The van der Waals surface area contributed by atoms with Crippen LogP contribution in [0.4, 0.5) is 0 Å². The first kappa shape index (κ1) is 16.8. The Balaban J connectivity index is 1.42. The van der Waals surface area contributed by atoms with Crippen LogP contribution in [0.25, 0.3) is 10.8 Å². The summed E-state index contributed by atoms with van der Waals surface area (Å²) in [6.07, 6.45) is 2.02. The molecule has 3 nitrogen and oxygen atoms in total. The number of nitrogens with one attached hydrogen (secondary N) is 1. The lowest BCUT2D eigenvalue weighted by atomic mass is 10.0. The van der Waals surface area contributed by atoms with Crippen LogP contribution in [0.1, 0.15) is 24.0 Å². The molecule has 1 amide bonds. The van der Waals surface area contributed by atoms with Gasteiger partial charge in [0.15, 0.2) is 0 Å². The van der Waals surface area contributed by atoms with Crippen molar-refractivity contribution in [1.82, 2.24) is 10.2 Å². The minimum atomic E-state index is -0.0230. The Labute approximate surface area is 154 Å². The van der Waals surface area contributed by atoms with Gasteiger partial charge < -0.3 is 5.32 Å². The molecule has 0 radical (unpaired) electrons. The van der Waals surface area contributed by atoms with Crippen LogP contribution in [0.5, 0.6) is 0 Å². The topological polar surface area (TPSA) is 32.3 Å². The minimum absolute atomic E-state index is 0.0230. The standard InChI is InChI=1S/C23H24N2O/c26-23(22-14-7-15-25(22)17-18-8-2-1-3-9-18)24-16-20-12-6-11-19-10-4-5-13-21(19)20/h1-6,8-13,22H,7,14-17H2,(H,24,26). The zero-order valence-corrected chi connectivity index (χ0v) is 14.9. The quantitative estimate of drug-likeness (QED) is 0.755. The summed E-state index contributed by atoms with van der Waals surface area (Å²) in [5.41, 5.74) is 2.44. The zero-order chi connectivity index (χ0) is 17.8. The summed E-state index contributed by atoms with van der Waals surface area (Å²) in [7, 11) is 0. The molecule has 132 valence electrons.